The van der Waals surface area contributed by atoms with Gasteiger partial charge in [-0.25, -0.2) is 4.39 Å². The van der Waals surface area contributed by atoms with Gasteiger partial charge in [0.15, 0.2) is 0 Å². The second kappa shape index (κ2) is 7.41. The molecule has 3 aromatic rings. The third kappa shape index (κ3) is 3.76. The maximum atomic E-state index is 14.8. The normalized spacial score (nSPS) is 23.3. The standard InChI is InChI=1S/C23H28FN3S2/c1-14-10-17-16-6-4-5-7-18(16)26-21(17)22(27(14)13-23(2,3)24)19-8-9-20(29-19)28-15-11-25-12-15/h4-9,14-15,22,25-26H,10-13H2,1-3H3/t14-,22-/m1/s1. The number of benzene rings is 1. The topological polar surface area (TPSA) is 31.1 Å². The van der Waals surface area contributed by atoms with E-state index in [4.69, 9.17) is 0 Å². The van der Waals surface area contributed by atoms with E-state index in [1.54, 1.807) is 13.8 Å². The van der Waals surface area contributed by atoms with Crippen LogP contribution in [0.3, 0.4) is 0 Å². The first-order valence-electron chi connectivity index (χ1n) is 10.4. The van der Waals surface area contributed by atoms with Gasteiger partial charge in [0.2, 0.25) is 0 Å². The molecule has 2 aliphatic rings. The molecule has 0 radical (unpaired) electrons. The number of fused-ring (bicyclic) bond motifs is 3. The zero-order chi connectivity index (χ0) is 20.2. The second-order valence-corrected chi connectivity index (χ2v) is 11.7. The fourth-order valence-corrected chi connectivity index (χ4v) is 7.18. The highest BCUT2D eigenvalue weighted by atomic mass is 32.2. The van der Waals surface area contributed by atoms with Gasteiger partial charge in [0.05, 0.1) is 10.3 Å². The predicted molar refractivity (Wildman–Crippen MR) is 122 cm³/mol. The Hall–Kier alpha value is -1.34. The first-order chi connectivity index (χ1) is 13.9. The lowest BCUT2D eigenvalue weighted by atomic mass is 9.90. The van der Waals surface area contributed by atoms with Gasteiger partial charge in [-0.15, -0.1) is 23.1 Å². The minimum atomic E-state index is -1.23. The van der Waals surface area contributed by atoms with Crippen molar-refractivity contribution in [1.29, 1.82) is 0 Å². The molecule has 0 bridgehead atoms. The molecule has 2 atom stereocenters. The van der Waals surface area contributed by atoms with Crippen molar-refractivity contribution in [1.82, 2.24) is 15.2 Å². The Labute approximate surface area is 180 Å². The molecular formula is C23H28FN3S2. The molecule has 3 nitrogen and oxygen atoms in total. The van der Waals surface area contributed by atoms with E-state index in [1.165, 1.54) is 31.2 Å². The van der Waals surface area contributed by atoms with Crippen molar-refractivity contribution >= 4 is 34.0 Å². The maximum Gasteiger partial charge on any atom is 0.118 e. The van der Waals surface area contributed by atoms with E-state index in [2.05, 4.69) is 58.5 Å². The molecule has 0 amide bonds. The van der Waals surface area contributed by atoms with Crippen LogP contribution < -0.4 is 5.32 Å². The Balaban J connectivity index is 1.58. The van der Waals surface area contributed by atoms with Crippen molar-refractivity contribution in [3.05, 3.63) is 52.5 Å². The summed E-state index contributed by atoms with van der Waals surface area (Å²) in [5, 5.41) is 5.33. The number of nitrogens with zero attached hydrogens (tertiary/aromatic N) is 1. The Morgan fingerprint density at radius 2 is 2.00 bits per heavy atom. The number of thioether (sulfide) groups is 1. The van der Waals surface area contributed by atoms with Gasteiger partial charge in [-0.3, -0.25) is 4.90 Å². The Morgan fingerprint density at radius 3 is 2.72 bits per heavy atom. The molecule has 0 aliphatic carbocycles. The van der Waals surface area contributed by atoms with Crippen molar-refractivity contribution in [2.45, 2.75) is 54.4 Å². The molecule has 29 heavy (non-hydrogen) atoms. The van der Waals surface area contributed by atoms with Gasteiger partial charge in [0.1, 0.15) is 5.67 Å². The number of aromatic amines is 1. The highest BCUT2D eigenvalue weighted by molar-refractivity contribution is 8.01. The summed E-state index contributed by atoms with van der Waals surface area (Å²) in [5.74, 6) is 0. The van der Waals surface area contributed by atoms with Crippen LogP contribution in [-0.2, 0) is 6.42 Å². The summed E-state index contributed by atoms with van der Waals surface area (Å²) in [6.45, 7) is 8.24. The fraction of sp³-hybridized carbons (Fsp3) is 0.478. The summed E-state index contributed by atoms with van der Waals surface area (Å²) < 4.78 is 16.2. The van der Waals surface area contributed by atoms with Crippen LogP contribution in [0.1, 0.15) is 42.9 Å². The number of aromatic nitrogens is 1. The van der Waals surface area contributed by atoms with Crippen molar-refractivity contribution < 1.29 is 4.39 Å². The number of thiophene rings is 1. The molecular weight excluding hydrogens is 401 g/mol. The predicted octanol–water partition coefficient (Wildman–Crippen LogP) is 5.38. The molecule has 0 saturated carbocycles. The summed E-state index contributed by atoms with van der Waals surface area (Å²) >= 11 is 3.84. The summed E-state index contributed by atoms with van der Waals surface area (Å²) in [6, 6.07) is 13.4. The second-order valence-electron chi connectivity index (χ2n) is 8.96. The number of hydrogen-bond acceptors (Lipinski definition) is 4. The van der Waals surface area contributed by atoms with Crippen molar-refractivity contribution in [3.8, 4) is 0 Å². The highest BCUT2D eigenvalue weighted by Gasteiger charge is 2.39. The largest absolute Gasteiger partial charge is 0.357 e. The van der Waals surface area contributed by atoms with Crippen LogP contribution in [0.25, 0.3) is 10.9 Å². The van der Waals surface area contributed by atoms with Crippen LogP contribution in [0.4, 0.5) is 4.39 Å². The van der Waals surface area contributed by atoms with Crippen LogP contribution in [-0.4, -0.2) is 46.5 Å². The third-order valence-electron chi connectivity index (χ3n) is 5.97. The lowest BCUT2D eigenvalue weighted by Crippen LogP contribution is -2.47. The quantitative estimate of drug-likeness (QED) is 0.571. The van der Waals surface area contributed by atoms with Gasteiger partial charge >= 0.3 is 0 Å². The van der Waals surface area contributed by atoms with E-state index in [9.17, 15) is 4.39 Å². The smallest absolute Gasteiger partial charge is 0.118 e. The van der Waals surface area contributed by atoms with E-state index >= 15 is 0 Å². The zero-order valence-electron chi connectivity index (χ0n) is 17.2. The van der Waals surface area contributed by atoms with Crippen LogP contribution in [0.15, 0.2) is 40.6 Å². The monoisotopic (exact) mass is 429 g/mol. The van der Waals surface area contributed by atoms with Crippen molar-refractivity contribution in [3.63, 3.8) is 0 Å². The molecule has 1 saturated heterocycles. The van der Waals surface area contributed by atoms with Gasteiger partial charge in [0.25, 0.3) is 0 Å². The molecule has 6 heteroatoms. The average molecular weight is 430 g/mol. The fourth-order valence-electron chi connectivity index (χ4n) is 4.55. The molecule has 0 unspecified atom stereocenters. The number of alkyl halides is 1. The minimum Gasteiger partial charge on any atom is -0.357 e. The number of nitrogens with one attached hydrogen (secondary N) is 2. The third-order valence-corrected chi connectivity index (χ3v) is 8.48. The number of para-hydroxylation sites is 1. The van der Waals surface area contributed by atoms with Crippen LogP contribution >= 0.6 is 23.1 Å². The van der Waals surface area contributed by atoms with E-state index < -0.39 is 5.67 Å². The van der Waals surface area contributed by atoms with Crippen molar-refractivity contribution in [2.24, 2.45) is 0 Å². The van der Waals surface area contributed by atoms with E-state index in [0.717, 1.165) is 19.5 Å². The molecule has 1 fully saturated rings. The van der Waals surface area contributed by atoms with Gasteiger partial charge in [0, 0.05) is 52.4 Å². The van der Waals surface area contributed by atoms with E-state index in [-0.39, 0.29) is 12.1 Å². The molecule has 154 valence electrons. The number of hydrogen-bond donors (Lipinski definition) is 2. The number of halogens is 1. The SMILES string of the molecule is C[C@@H]1Cc2c([nH]c3ccccc23)[C@@H](c2ccc(SC3CNC3)s2)N1CC(C)(C)F. The minimum absolute atomic E-state index is 0.0787. The van der Waals surface area contributed by atoms with Crippen LogP contribution in [0.5, 0.6) is 0 Å². The molecule has 1 aromatic carbocycles. The summed E-state index contributed by atoms with van der Waals surface area (Å²) in [4.78, 5) is 7.37. The molecule has 5 rings (SSSR count). The summed E-state index contributed by atoms with van der Waals surface area (Å²) in [7, 11) is 0. The first kappa shape index (κ1) is 19.6. The lowest BCUT2D eigenvalue weighted by molar-refractivity contribution is 0.0679. The molecule has 0 spiro atoms. The Kier molecular flexibility index (Phi) is 5.01. The van der Waals surface area contributed by atoms with E-state index in [0.29, 0.717) is 11.8 Å². The summed E-state index contributed by atoms with van der Waals surface area (Å²) in [5.41, 5.74) is 2.60. The molecule has 2 aliphatic heterocycles. The summed E-state index contributed by atoms with van der Waals surface area (Å²) in [6.07, 6.45) is 0.951. The van der Waals surface area contributed by atoms with Gasteiger partial charge in [-0.1, -0.05) is 18.2 Å². The maximum absolute atomic E-state index is 14.8. The van der Waals surface area contributed by atoms with Gasteiger partial charge in [-0.05, 0) is 51.0 Å². The van der Waals surface area contributed by atoms with Crippen LogP contribution in [0.2, 0.25) is 0 Å². The number of rotatable bonds is 5. The Morgan fingerprint density at radius 1 is 1.21 bits per heavy atom. The van der Waals surface area contributed by atoms with Crippen LogP contribution in [0, 0.1) is 0 Å². The van der Waals surface area contributed by atoms with Gasteiger partial charge in [-0.2, -0.15) is 0 Å². The first-order valence-corrected chi connectivity index (χ1v) is 12.1. The zero-order valence-corrected chi connectivity index (χ0v) is 18.8. The highest BCUT2D eigenvalue weighted by Crippen LogP contribution is 2.45. The Bertz CT molecular complexity index is 1010. The number of H-pyrrole nitrogens is 1. The van der Waals surface area contributed by atoms with E-state index in [1.807, 2.05) is 23.1 Å². The molecule has 4 heterocycles. The van der Waals surface area contributed by atoms with Gasteiger partial charge < -0.3 is 10.3 Å². The molecule has 2 aromatic heterocycles. The van der Waals surface area contributed by atoms with Crippen molar-refractivity contribution in [2.75, 3.05) is 19.6 Å². The lowest BCUT2D eigenvalue weighted by Gasteiger charge is -2.42. The average Bonchev–Trinajstić information content (AvgIpc) is 3.22. The molecule has 2 N–H and O–H groups in total.